The third kappa shape index (κ3) is 2.45. The number of piperazine rings is 1. The van der Waals surface area contributed by atoms with E-state index in [1.54, 1.807) is 9.58 Å². The summed E-state index contributed by atoms with van der Waals surface area (Å²) in [6, 6.07) is 3.80. The highest BCUT2D eigenvalue weighted by Crippen LogP contribution is 2.26. The second-order valence-corrected chi connectivity index (χ2v) is 5.99. The number of carbonyl (C=O) groups is 1. The Balaban J connectivity index is 1.61. The zero-order valence-corrected chi connectivity index (χ0v) is 13.5. The predicted molar refractivity (Wildman–Crippen MR) is 90.8 cm³/mol. The van der Waals surface area contributed by atoms with Crippen molar-refractivity contribution in [3.63, 3.8) is 0 Å². The summed E-state index contributed by atoms with van der Waals surface area (Å²) >= 11 is 0. The number of nitrogens with two attached hydrogens (primary N) is 1. The molecule has 1 fully saturated rings. The second kappa shape index (κ2) is 5.55. The van der Waals surface area contributed by atoms with E-state index in [1.165, 1.54) is 0 Å². The molecule has 3 aromatic heterocycles. The molecule has 0 bridgehead atoms. The molecule has 8 heteroatoms. The number of amides is 2. The molecule has 2 amide bonds. The van der Waals surface area contributed by atoms with Gasteiger partial charge in [0, 0.05) is 56.7 Å². The number of anilines is 1. The summed E-state index contributed by atoms with van der Waals surface area (Å²) in [4.78, 5) is 15.2. The summed E-state index contributed by atoms with van der Waals surface area (Å²) in [5.74, 6) is 0. The summed E-state index contributed by atoms with van der Waals surface area (Å²) in [6.07, 6.45) is 7.71. The van der Waals surface area contributed by atoms with Crippen molar-refractivity contribution in [2.75, 3.05) is 31.1 Å². The molecule has 2 N–H and O–H groups in total. The van der Waals surface area contributed by atoms with Crippen LogP contribution in [0.2, 0.25) is 0 Å². The summed E-state index contributed by atoms with van der Waals surface area (Å²) in [6.45, 7) is 2.80. The molecule has 24 heavy (non-hydrogen) atoms. The lowest BCUT2D eigenvalue weighted by Crippen LogP contribution is -2.50. The highest BCUT2D eigenvalue weighted by Gasteiger charge is 2.21. The Labute approximate surface area is 139 Å². The van der Waals surface area contributed by atoms with Gasteiger partial charge in [-0.3, -0.25) is 4.68 Å². The molecule has 0 aliphatic carbocycles. The molecule has 1 aliphatic heterocycles. The van der Waals surface area contributed by atoms with Gasteiger partial charge in [0.1, 0.15) is 0 Å². The fourth-order valence-corrected chi connectivity index (χ4v) is 3.12. The van der Waals surface area contributed by atoms with Gasteiger partial charge in [0.25, 0.3) is 0 Å². The van der Waals surface area contributed by atoms with Gasteiger partial charge in [0.15, 0.2) is 0 Å². The predicted octanol–water partition coefficient (Wildman–Crippen LogP) is 0.935. The Bertz CT molecular complexity index is 889. The van der Waals surface area contributed by atoms with E-state index >= 15 is 0 Å². The molecule has 1 aliphatic rings. The number of nitrogens with zero attached hydrogens (tertiary/aromatic N) is 6. The molecule has 0 saturated carbocycles. The summed E-state index contributed by atoms with van der Waals surface area (Å²) < 4.78 is 3.67. The quantitative estimate of drug-likeness (QED) is 0.760. The topological polar surface area (TPSA) is 84.7 Å². The van der Waals surface area contributed by atoms with Crippen LogP contribution in [0.15, 0.2) is 36.9 Å². The van der Waals surface area contributed by atoms with Crippen molar-refractivity contribution >= 4 is 17.2 Å². The Morgan fingerprint density at radius 2 is 1.83 bits per heavy atom. The van der Waals surface area contributed by atoms with Crippen molar-refractivity contribution in [2.45, 2.75) is 0 Å². The van der Waals surface area contributed by atoms with Gasteiger partial charge in [0.2, 0.25) is 0 Å². The largest absolute Gasteiger partial charge is 0.365 e. The molecule has 0 spiro atoms. The van der Waals surface area contributed by atoms with Crippen LogP contribution in [0, 0.1) is 0 Å². The molecule has 0 unspecified atom stereocenters. The maximum absolute atomic E-state index is 11.2. The van der Waals surface area contributed by atoms with Crippen molar-refractivity contribution in [3.05, 3.63) is 36.9 Å². The van der Waals surface area contributed by atoms with E-state index in [-0.39, 0.29) is 6.03 Å². The molecular weight excluding hydrogens is 306 g/mol. The van der Waals surface area contributed by atoms with Crippen molar-refractivity contribution in [2.24, 2.45) is 12.8 Å². The molecule has 0 radical (unpaired) electrons. The summed E-state index contributed by atoms with van der Waals surface area (Å²) in [5.41, 5.74) is 9.61. The zero-order valence-electron chi connectivity index (χ0n) is 13.5. The molecule has 1 saturated heterocycles. The fourth-order valence-electron chi connectivity index (χ4n) is 3.12. The standard InChI is InChI=1S/C16H19N7O/c1-20-10-13(8-18-20)12-2-3-14-15(9-19-23(14)11-12)21-4-6-22(7-5-21)16(17)24/h2-3,8-11H,4-7H2,1H3,(H2,17,24). The molecular formula is C16H19N7O. The van der Waals surface area contributed by atoms with Gasteiger partial charge in [-0.05, 0) is 6.07 Å². The van der Waals surface area contributed by atoms with Crippen molar-refractivity contribution in [3.8, 4) is 11.1 Å². The number of urea groups is 1. The summed E-state index contributed by atoms with van der Waals surface area (Å²) in [7, 11) is 1.90. The maximum Gasteiger partial charge on any atom is 0.314 e. The molecule has 3 aromatic rings. The number of primary amides is 1. The number of rotatable bonds is 2. The lowest BCUT2D eigenvalue weighted by atomic mass is 10.1. The lowest BCUT2D eigenvalue weighted by Gasteiger charge is -2.34. The first kappa shape index (κ1) is 14.6. The number of hydrogen-bond acceptors (Lipinski definition) is 4. The minimum absolute atomic E-state index is 0.351. The number of hydrogen-bond donors (Lipinski definition) is 1. The molecule has 124 valence electrons. The van der Waals surface area contributed by atoms with Crippen LogP contribution in [0.5, 0.6) is 0 Å². The summed E-state index contributed by atoms with van der Waals surface area (Å²) in [5, 5.41) is 8.69. The van der Waals surface area contributed by atoms with Crippen LogP contribution in [0.3, 0.4) is 0 Å². The van der Waals surface area contributed by atoms with Crippen LogP contribution in [-0.4, -0.2) is 56.5 Å². The van der Waals surface area contributed by atoms with E-state index in [2.05, 4.69) is 27.2 Å². The molecule has 4 heterocycles. The van der Waals surface area contributed by atoms with Crippen molar-refractivity contribution < 1.29 is 4.79 Å². The Kier molecular flexibility index (Phi) is 3.37. The first-order valence-corrected chi connectivity index (χ1v) is 7.87. The van der Waals surface area contributed by atoms with Gasteiger partial charge < -0.3 is 15.5 Å². The molecule has 0 aromatic carbocycles. The Hall–Kier alpha value is -3.03. The van der Waals surface area contributed by atoms with Gasteiger partial charge in [-0.2, -0.15) is 10.2 Å². The van der Waals surface area contributed by atoms with Crippen LogP contribution in [0.25, 0.3) is 16.6 Å². The molecule has 8 nitrogen and oxygen atoms in total. The number of pyridine rings is 1. The Morgan fingerprint density at radius 1 is 1.04 bits per heavy atom. The smallest absolute Gasteiger partial charge is 0.314 e. The zero-order chi connectivity index (χ0) is 16.7. The first-order valence-electron chi connectivity index (χ1n) is 7.87. The normalized spacial score (nSPS) is 15.2. The first-order chi connectivity index (χ1) is 11.6. The third-order valence-corrected chi connectivity index (χ3v) is 4.47. The van der Waals surface area contributed by atoms with E-state index in [9.17, 15) is 4.79 Å². The van der Waals surface area contributed by atoms with E-state index in [1.807, 2.05) is 36.4 Å². The number of carbonyl (C=O) groups excluding carboxylic acids is 1. The minimum atomic E-state index is -0.351. The van der Waals surface area contributed by atoms with Gasteiger partial charge in [-0.15, -0.1) is 0 Å². The van der Waals surface area contributed by atoms with E-state index < -0.39 is 0 Å². The van der Waals surface area contributed by atoms with Crippen LogP contribution in [-0.2, 0) is 7.05 Å². The van der Waals surface area contributed by atoms with Gasteiger partial charge >= 0.3 is 6.03 Å². The van der Waals surface area contributed by atoms with Gasteiger partial charge in [-0.25, -0.2) is 9.31 Å². The van der Waals surface area contributed by atoms with Crippen molar-refractivity contribution in [1.82, 2.24) is 24.3 Å². The SMILES string of the molecule is Cn1cc(-c2ccc3c(N4CCN(C(N)=O)CC4)cnn3c2)cn1. The van der Waals surface area contributed by atoms with E-state index in [0.717, 1.165) is 35.4 Å². The second-order valence-electron chi connectivity index (χ2n) is 5.99. The minimum Gasteiger partial charge on any atom is -0.365 e. The third-order valence-electron chi connectivity index (χ3n) is 4.47. The Morgan fingerprint density at radius 3 is 2.50 bits per heavy atom. The van der Waals surface area contributed by atoms with Gasteiger partial charge in [0.05, 0.1) is 23.6 Å². The van der Waals surface area contributed by atoms with Crippen LogP contribution < -0.4 is 10.6 Å². The van der Waals surface area contributed by atoms with E-state index in [0.29, 0.717) is 13.1 Å². The average molecular weight is 325 g/mol. The lowest BCUT2D eigenvalue weighted by molar-refractivity contribution is 0.204. The number of aromatic nitrogens is 4. The highest BCUT2D eigenvalue weighted by molar-refractivity contribution is 5.76. The maximum atomic E-state index is 11.2. The average Bonchev–Trinajstić information content (AvgIpc) is 3.20. The molecule has 0 atom stereocenters. The van der Waals surface area contributed by atoms with Gasteiger partial charge in [-0.1, -0.05) is 6.07 Å². The van der Waals surface area contributed by atoms with Crippen molar-refractivity contribution in [1.29, 1.82) is 0 Å². The van der Waals surface area contributed by atoms with Crippen LogP contribution in [0.4, 0.5) is 10.5 Å². The fraction of sp³-hybridized carbons (Fsp3) is 0.312. The number of fused-ring (bicyclic) bond motifs is 1. The number of aryl methyl sites for hydroxylation is 1. The highest BCUT2D eigenvalue weighted by atomic mass is 16.2. The van der Waals surface area contributed by atoms with Crippen LogP contribution in [0.1, 0.15) is 0 Å². The molecule has 4 rings (SSSR count). The monoisotopic (exact) mass is 325 g/mol. The van der Waals surface area contributed by atoms with E-state index in [4.69, 9.17) is 5.73 Å². The van der Waals surface area contributed by atoms with Crippen LogP contribution >= 0.6 is 0 Å².